The van der Waals surface area contributed by atoms with Gasteiger partial charge in [0.05, 0.1) is 6.10 Å². The van der Waals surface area contributed by atoms with E-state index >= 15 is 0 Å². The van der Waals surface area contributed by atoms with Crippen molar-refractivity contribution in [2.75, 3.05) is 0 Å². The van der Waals surface area contributed by atoms with Gasteiger partial charge in [-0.25, -0.2) is 0 Å². The van der Waals surface area contributed by atoms with Crippen LogP contribution in [0.4, 0.5) is 0 Å². The number of aliphatic hydroxyl groups is 2. The molecule has 0 saturated heterocycles. The zero-order valence-electron chi connectivity index (χ0n) is 9.64. The second-order valence-corrected chi connectivity index (χ2v) is 3.91. The van der Waals surface area contributed by atoms with Crippen LogP contribution in [0.1, 0.15) is 55.5 Å². The van der Waals surface area contributed by atoms with Gasteiger partial charge in [-0.1, -0.05) is 13.3 Å². The van der Waals surface area contributed by atoms with E-state index in [2.05, 4.69) is 0 Å². The van der Waals surface area contributed by atoms with Crippen molar-refractivity contribution in [3.63, 3.8) is 0 Å². The first-order chi connectivity index (χ1) is 7.56. The van der Waals surface area contributed by atoms with E-state index in [-0.39, 0.29) is 17.3 Å². The maximum Gasteiger partial charge on any atom is 0.197 e. The molecular weight excluding hydrogens is 208 g/mol. The lowest BCUT2D eigenvalue weighted by Crippen LogP contribution is -2.12. The van der Waals surface area contributed by atoms with Crippen LogP contribution >= 0.6 is 0 Å². The fourth-order valence-corrected chi connectivity index (χ4v) is 1.36. The molecule has 1 aromatic rings. The monoisotopic (exact) mass is 226 g/mol. The summed E-state index contributed by atoms with van der Waals surface area (Å²) in [6.07, 6.45) is 0.245. The molecule has 0 aromatic carbocycles. The molecule has 4 nitrogen and oxygen atoms in total. The summed E-state index contributed by atoms with van der Waals surface area (Å²) in [5, 5.41) is 18.7. The Balaban J connectivity index is 2.67. The molecule has 0 amide bonds. The van der Waals surface area contributed by atoms with Gasteiger partial charge < -0.3 is 14.6 Å². The van der Waals surface area contributed by atoms with Crippen molar-refractivity contribution in [2.45, 2.75) is 45.3 Å². The average molecular weight is 226 g/mol. The third-order valence-electron chi connectivity index (χ3n) is 2.41. The SMILES string of the molecule is CCCCC(=O)c1ccc(C(O)C(C)O)o1. The normalized spacial score (nSPS) is 14.8. The van der Waals surface area contributed by atoms with Gasteiger partial charge in [0.2, 0.25) is 0 Å². The molecule has 0 bridgehead atoms. The highest BCUT2D eigenvalue weighted by Crippen LogP contribution is 2.20. The van der Waals surface area contributed by atoms with Crippen molar-refractivity contribution in [1.82, 2.24) is 0 Å². The first-order valence-electron chi connectivity index (χ1n) is 5.55. The van der Waals surface area contributed by atoms with Crippen LogP contribution in [-0.4, -0.2) is 22.1 Å². The van der Waals surface area contributed by atoms with E-state index in [1.165, 1.54) is 13.0 Å². The Morgan fingerprint density at radius 2 is 2.12 bits per heavy atom. The minimum Gasteiger partial charge on any atom is -0.455 e. The molecule has 0 radical (unpaired) electrons. The first-order valence-corrected chi connectivity index (χ1v) is 5.55. The Bertz CT molecular complexity index is 341. The number of carbonyl (C=O) groups is 1. The Morgan fingerprint density at radius 1 is 1.44 bits per heavy atom. The third-order valence-corrected chi connectivity index (χ3v) is 2.41. The summed E-state index contributed by atoms with van der Waals surface area (Å²) in [4.78, 5) is 11.6. The molecule has 1 rings (SSSR count). The number of hydrogen-bond acceptors (Lipinski definition) is 4. The molecule has 0 saturated carbocycles. The molecule has 2 unspecified atom stereocenters. The van der Waals surface area contributed by atoms with Crippen molar-refractivity contribution < 1.29 is 19.4 Å². The van der Waals surface area contributed by atoms with Gasteiger partial charge in [0, 0.05) is 6.42 Å². The summed E-state index contributed by atoms with van der Waals surface area (Å²) in [6.45, 7) is 3.48. The van der Waals surface area contributed by atoms with Crippen LogP contribution in [0.25, 0.3) is 0 Å². The van der Waals surface area contributed by atoms with E-state index in [0.717, 1.165) is 12.8 Å². The van der Waals surface area contributed by atoms with E-state index in [0.29, 0.717) is 6.42 Å². The van der Waals surface area contributed by atoms with Gasteiger partial charge in [-0.2, -0.15) is 0 Å². The maximum absolute atomic E-state index is 11.6. The standard InChI is InChI=1S/C12H18O4/c1-3-4-5-9(14)10-6-7-11(16-10)12(15)8(2)13/h6-8,12-13,15H,3-5H2,1-2H3. The highest BCUT2D eigenvalue weighted by atomic mass is 16.4. The summed E-state index contributed by atoms with van der Waals surface area (Å²) >= 11 is 0. The van der Waals surface area contributed by atoms with Crippen LogP contribution < -0.4 is 0 Å². The van der Waals surface area contributed by atoms with Gasteiger partial charge in [-0.15, -0.1) is 0 Å². The third kappa shape index (κ3) is 3.18. The van der Waals surface area contributed by atoms with E-state index in [1.807, 2.05) is 6.92 Å². The number of furan rings is 1. The molecule has 0 aliphatic carbocycles. The molecular formula is C12H18O4. The molecule has 2 atom stereocenters. The summed E-state index contributed by atoms with van der Waals surface area (Å²) in [6, 6.07) is 3.06. The van der Waals surface area contributed by atoms with Crippen LogP contribution in [0.3, 0.4) is 0 Å². The Morgan fingerprint density at radius 3 is 2.69 bits per heavy atom. The van der Waals surface area contributed by atoms with Crippen molar-refractivity contribution in [3.05, 3.63) is 23.7 Å². The first kappa shape index (κ1) is 12.9. The molecule has 0 spiro atoms. The van der Waals surface area contributed by atoms with E-state index in [9.17, 15) is 9.90 Å². The largest absolute Gasteiger partial charge is 0.455 e. The molecule has 0 fully saturated rings. The lowest BCUT2D eigenvalue weighted by Gasteiger charge is -2.09. The number of unbranched alkanes of at least 4 members (excludes halogenated alkanes) is 1. The summed E-state index contributed by atoms with van der Waals surface area (Å²) in [5.41, 5.74) is 0. The second-order valence-electron chi connectivity index (χ2n) is 3.91. The smallest absolute Gasteiger partial charge is 0.197 e. The zero-order chi connectivity index (χ0) is 12.1. The molecule has 0 aliphatic heterocycles. The molecule has 90 valence electrons. The Kier molecular flexibility index (Phi) is 4.71. The lowest BCUT2D eigenvalue weighted by atomic mass is 10.1. The molecule has 4 heteroatoms. The molecule has 2 N–H and O–H groups in total. The van der Waals surface area contributed by atoms with E-state index < -0.39 is 12.2 Å². The highest BCUT2D eigenvalue weighted by Gasteiger charge is 2.19. The number of ketones is 1. The zero-order valence-corrected chi connectivity index (χ0v) is 9.64. The summed E-state index contributed by atoms with van der Waals surface area (Å²) in [7, 11) is 0. The van der Waals surface area contributed by atoms with Crippen molar-refractivity contribution in [1.29, 1.82) is 0 Å². The molecule has 1 heterocycles. The average Bonchev–Trinajstić information content (AvgIpc) is 2.73. The Labute approximate surface area is 94.9 Å². The summed E-state index contributed by atoms with van der Waals surface area (Å²) < 4.78 is 5.21. The van der Waals surface area contributed by atoms with Crippen molar-refractivity contribution >= 4 is 5.78 Å². The van der Waals surface area contributed by atoms with Crippen LogP contribution in [0, 0.1) is 0 Å². The molecule has 1 aromatic heterocycles. The van der Waals surface area contributed by atoms with E-state index in [1.54, 1.807) is 6.07 Å². The minimum atomic E-state index is -1.08. The maximum atomic E-state index is 11.6. The number of Topliss-reactive ketones (excluding diaryl/α,β-unsaturated/α-hetero) is 1. The van der Waals surface area contributed by atoms with Gasteiger partial charge in [0.1, 0.15) is 11.9 Å². The lowest BCUT2D eigenvalue weighted by molar-refractivity contribution is 0.0163. The van der Waals surface area contributed by atoms with Gasteiger partial charge in [-0.3, -0.25) is 4.79 Å². The Hall–Kier alpha value is -1.13. The molecule has 0 aliphatic rings. The predicted octanol–water partition coefficient (Wildman–Crippen LogP) is 2.07. The van der Waals surface area contributed by atoms with Crippen molar-refractivity contribution in [2.24, 2.45) is 0 Å². The quantitative estimate of drug-likeness (QED) is 0.728. The van der Waals surface area contributed by atoms with Crippen LogP contribution in [0.15, 0.2) is 16.5 Å². The highest BCUT2D eigenvalue weighted by molar-refractivity contribution is 5.93. The van der Waals surface area contributed by atoms with Gasteiger partial charge in [0.15, 0.2) is 11.5 Å². The van der Waals surface area contributed by atoms with Crippen LogP contribution in [0.5, 0.6) is 0 Å². The van der Waals surface area contributed by atoms with Gasteiger partial charge >= 0.3 is 0 Å². The van der Waals surface area contributed by atoms with Crippen LogP contribution in [0.2, 0.25) is 0 Å². The second kappa shape index (κ2) is 5.82. The number of aliphatic hydroxyl groups excluding tert-OH is 2. The van der Waals surface area contributed by atoms with Gasteiger partial charge in [-0.05, 0) is 25.5 Å². The fraction of sp³-hybridized carbons (Fsp3) is 0.583. The fourth-order valence-electron chi connectivity index (χ4n) is 1.36. The topological polar surface area (TPSA) is 70.7 Å². The van der Waals surface area contributed by atoms with Crippen LogP contribution in [-0.2, 0) is 0 Å². The van der Waals surface area contributed by atoms with Crippen molar-refractivity contribution in [3.8, 4) is 0 Å². The number of hydrogen-bond donors (Lipinski definition) is 2. The summed E-state index contributed by atoms with van der Waals surface area (Å²) in [5.74, 6) is 0.420. The van der Waals surface area contributed by atoms with E-state index in [4.69, 9.17) is 9.52 Å². The number of rotatable bonds is 6. The van der Waals surface area contributed by atoms with Gasteiger partial charge in [0.25, 0.3) is 0 Å². The number of carbonyl (C=O) groups excluding carboxylic acids is 1. The molecule has 16 heavy (non-hydrogen) atoms. The minimum absolute atomic E-state index is 0.0640. The predicted molar refractivity (Wildman–Crippen MR) is 59.2 cm³/mol.